The van der Waals surface area contributed by atoms with Gasteiger partial charge < -0.3 is 14.7 Å². The average Bonchev–Trinajstić information content (AvgIpc) is 2.59. The van der Waals surface area contributed by atoms with Crippen LogP contribution >= 0.6 is 0 Å². The van der Waals surface area contributed by atoms with Crippen molar-refractivity contribution in [3.8, 4) is 0 Å². The summed E-state index contributed by atoms with van der Waals surface area (Å²) in [6, 6.07) is 4.25. The second-order valence-electron chi connectivity index (χ2n) is 5.69. The molecule has 1 aliphatic heterocycles. The van der Waals surface area contributed by atoms with Gasteiger partial charge in [-0.15, -0.1) is 0 Å². The predicted octanol–water partition coefficient (Wildman–Crippen LogP) is 1.69. The number of unbranched alkanes of at least 4 members (excludes halogenated alkanes) is 2. The zero-order valence-electron chi connectivity index (χ0n) is 13.8. The van der Waals surface area contributed by atoms with Gasteiger partial charge in [-0.1, -0.05) is 19.8 Å². The molecule has 0 spiro atoms. The number of sulfonamides is 1. The summed E-state index contributed by atoms with van der Waals surface area (Å²) in [5.41, 5.74) is 0.518. The fourth-order valence-electron chi connectivity index (χ4n) is 2.60. The molecule has 1 heterocycles. The van der Waals surface area contributed by atoms with Crippen molar-refractivity contribution >= 4 is 21.7 Å². The molecule has 0 aromatic heterocycles. The number of anilines is 1. The number of carboxylic acids is 1. The minimum absolute atomic E-state index is 0.00617. The highest BCUT2D eigenvalue weighted by Crippen LogP contribution is 2.25. The Hall–Kier alpha value is -1.64. The molecular weight excluding hydrogens is 332 g/mol. The Morgan fingerprint density at radius 2 is 2.00 bits per heavy atom. The topological polar surface area (TPSA) is 95.9 Å². The van der Waals surface area contributed by atoms with Crippen LogP contribution < -0.4 is 9.62 Å². The SMILES string of the molecule is CCCCCNS(=O)(=O)c1ccc(N2CCOCC2)c(C(=O)O)c1. The van der Waals surface area contributed by atoms with Gasteiger partial charge >= 0.3 is 5.97 Å². The number of hydrogen-bond donors (Lipinski definition) is 2. The number of ether oxygens (including phenoxy) is 1. The summed E-state index contributed by atoms with van der Waals surface area (Å²) < 4.78 is 32.4. The molecule has 0 atom stereocenters. The van der Waals surface area contributed by atoms with Crippen molar-refractivity contribution in [3.63, 3.8) is 0 Å². The van der Waals surface area contributed by atoms with E-state index in [1.54, 1.807) is 6.07 Å². The number of nitrogens with zero attached hydrogens (tertiary/aromatic N) is 1. The molecule has 2 N–H and O–H groups in total. The molecule has 8 heteroatoms. The van der Waals surface area contributed by atoms with Gasteiger partial charge in [0.1, 0.15) is 0 Å². The van der Waals surface area contributed by atoms with E-state index in [1.807, 2.05) is 11.8 Å². The summed E-state index contributed by atoms with van der Waals surface area (Å²) in [4.78, 5) is 13.5. The Balaban J connectivity index is 2.22. The highest BCUT2D eigenvalue weighted by atomic mass is 32.2. The van der Waals surface area contributed by atoms with Crippen molar-refractivity contribution in [1.82, 2.24) is 4.72 Å². The van der Waals surface area contributed by atoms with Crippen molar-refractivity contribution in [2.24, 2.45) is 0 Å². The van der Waals surface area contributed by atoms with E-state index in [2.05, 4.69) is 4.72 Å². The summed E-state index contributed by atoms with van der Waals surface area (Å²) in [5.74, 6) is -1.14. The Labute approximate surface area is 142 Å². The molecule has 0 saturated carbocycles. The molecule has 0 bridgehead atoms. The molecule has 0 unspecified atom stereocenters. The van der Waals surface area contributed by atoms with Crippen LogP contribution in [0.1, 0.15) is 36.5 Å². The number of hydrogen-bond acceptors (Lipinski definition) is 5. The number of rotatable bonds is 8. The fraction of sp³-hybridized carbons (Fsp3) is 0.562. The van der Waals surface area contributed by atoms with Crippen molar-refractivity contribution in [1.29, 1.82) is 0 Å². The maximum atomic E-state index is 12.3. The van der Waals surface area contributed by atoms with E-state index in [4.69, 9.17) is 4.74 Å². The molecule has 1 aromatic rings. The van der Waals surface area contributed by atoms with Gasteiger partial charge in [-0.25, -0.2) is 17.9 Å². The zero-order valence-corrected chi connectivity index (χ0v) is 14.6. The van der Waals surface area contributed by atoms with E-state index in [-0.39, 0.29) is 10.5 Å². The lowest BCUT2D eigenvalue weighted by Gasteiger charge is -2.30. The van der Waals surface area contributed by atoms with Gasteiger partial charge in [0.05, 0.1) is 29.4 Å². The molecule has 0 radical (unpaired) electrons. The minimum atomic E-state index is -3.70. The molecule has 0 amide bonds. The van der Waals surface area contributed by atoms with Gasteiger partial charge in [-0.2, -0.15) is 0 Å². The number of morpholine rings is 1. The van der Waals surface area contributed by atoms with Crippen molar-refractivity contribution < 1.29 is 23.1 Å². The fourth-order valence-corrected chi connectivity index (χ4v) is 3.70. The molecule has 1 fully saturated rings. The molecule has 24 heavy (non-hydrogen) atoms. The second-order valence-corrected chi connectivity index (χ2v) is 7.46. The third-order valence-corrected chi connectivity index (χ3v) is 5.39. The molecule has 0 aliphatic carbocycles. The largest absolute Gasteiger partial charge is 0.478 e. The first-order chi connectivity index (χ1) is 11.5. The van der Waals surface area contributed by atoms with Crippen molar-refractivity contribution in [2.75, 3.05) is 37.7 Å². The standard InChI is InChI=1S/C16H24N2O5S/c1-2-3-4-7-17-24(21,22)13-5-6-15(14(12-13)16(19)20)18-8-10-23-11-9-18/h5-6,12,17H,2-4,7-11H2,1H3,(H,19,20). The predicted molar refractivity (Wildman–Crippen MR) is 91.1 cm³/mol. The van der Waals surface area contributed by atoms with E-state index >= 15 is 0 Å². The Kier molecular flexibility index (Phi) is 6.59. The first-order valence-electron chi connectivity index (χ1n) is 8.15. The van der Waals surface area contributed by atoms with Crippen LogP contribution in [-0.2, 0) is 14.8 Å². The third kappa shape index (κ3) is 4.68. The van der Waals surface area contributed by atoms with E-state index in [9.17, 15) is 18.3 Å². The maximum absolute atomic E-state index is 12.3. The number of benzene rings is 1. The number of carbonyl (C=O) groups is 1. The molecule has 134 valence electrons. The lowest BCUT2D eigenvalue weighted by atomic mass is 10.1. The molecule has 1 saturated heterocycles. The quantitative estimate of drug-likeness (QED) is 0.688. The summed E-state index contributed by atoms with van der Waals surface area (Å²) in [5, 5.41) is 9.46. The van der Waals surface area contributed by atoms with Crippen LogP contribution in [0.3, 0.4) is 0 Å². The van der Waals surface area contributed by atoms with Gasteiger partial charge in [0.25, 0.3) is 0 Å². The van der Waals surface area contributed by atoms with Crippen LogP contribution in [0.2, 0.25) is 0 Å². The van der Waals surface area contributed by atoms with Gasteiger partial charge in [-0.3, -0.25) is 0 Å². The number of nitrogens with one attached hydrogen (secondary N) is 1. The van der Waals surface area contributed by atoms with Gasteiger partial charge in [0, 0.05) is 19.6 Å². The average molecular weight is 356 g/mol. The monoisotopic (exact) mass is 356 g/mol. The summed E-state index contributed by atoms with van der Waals surface area (Å²) in [7, 11) is -3.70. The lowest BCUT2D eigenvalue weighted by molar-refractivity contribution is 0.0696. The van der Waals surface area contributed by atoms with Crippen LogP contribution in [0.15, 0.2) is 23.1 Å². The smallest absolute Gasteiger partial charge is 0.337 e. The van der Waals surface area contributed by atoms with Crippen molar-refractivity contribution in [2.45, 2.75) is 31.1 Å². The van der Waals surface area contributed by atoms with Crippen LogP contribution in [0.4, 0.5) is 5.69 Å². The zero-order chi connectivity index (χ0) is 17.6. The van der Waals surface area contributed by atoms with Crippen LogP contribution in [-0.4, -0.2) is 52.3 Å². The second kappa shape index (κ2) is 8.46. The molecule has 7 nitrogen and oxygen atoms in total. The molecule has 1 aliphatic rings. The summed E-state index contributed by atoms with van der Waals surface area (Å²) in [6.07, 6.45) is 2.70. The van der Waals surface area contributed by atoms with E-state index in [0.717, 1.165) is 19.3 Å². The summed E-state index contributed by atoms with van der Waals surface area (Å²) >= 11 is 0. The van der Waals surface area contributed by atoms with Gasteiger partial charge in [0.15, 0.2) is 0 Å². The molecule has 1 aromatic carbocycles. The van der Waals surface area contributed by atoms with Crippen LogP contribution in [0.5, 0.6) is 0 Å². The highest BCUT2D eigenvalue weighted by Gasteiger charge is 2.22. The Morgan fingerprint density at radius 1 is 1.29 bits per heavy atom. The third-order valence-electron chi connectivity index (χ3n) is 3.93. The van der Waals surface area contributed by atoms with Crippen LogP contribution in [0, 0.1) is 0 Å². The Bertz CT molecular complexity index is 669. The lowest BCUT2D eigenvalue weighted by Crippen LogP contribution is -2.37. The van der Waals surface area contributed by atoms with Gasteiger partial charge in [0.2, 0.25) is 10.0 Å². The normalized spacial score (nSPS) is 15.5. The Morgan fingerprint density at radius 3 is 2.62 bits per heavy atom. The summed E-state index contributed by atoms with van der Waals surface area (Å²) in [6.45, 7) is 4.61. The maximum Gasteiger partial charge on any atom is 0.337 e. The number of carboxylic acid groups (broad SMARTS) is 1. The highest BCUT2D eigenvalue weighted by molar-refractivity contribution is 7.89. The van der Waals surface area contributed by atoms with E-state index < -0.39 is 16.0 Å². The molecule has 2 rings (SSSR count). The van der Waals surface area contributed by atoms with E-state index in [1.165, 1.54) is 12.1 Å². The van der Waals surface area contributed by atoms with Gasteiger partial charge in [-0.05, 0) is 24.6 Å². The van der Waals surface area contributed by atoms with Crippen molar-refractivity contribution in [3.05, 3.63) is 23.8 Å². The van der Waals surface area contributed by atoms with Crippen LogP contribution in [0.25, 0.3) is 0 Å². The first kappa shape index (κ1) is 18.7. The molecular formula is C16H24N2O5S. The minimum Gasteiger partial charge on any atom is -0.478 e. The first-order valence-corrected chi connectivity index (χ1v) is 9.63. The van der Waals surface area contributed by atoms with E-state index in [0.29, 0.717) is 38.5 Å². The number of aromatic carboxylic acids is 1.